The second-order valence-corrected chi connectivity index (χ2v) is 11.8. The number of carbonyl (C=O) groups is 1. The van der Waals surface area contributed by atoms with Gasteiger partial charge in [0.25, 0.3) is 5.17 Å². The largest absolute Gasteiger partial charge is 0.474 e. The van der Waals surface area contributed by atoms with Gasteiger partial charge >= 0.3 is 6.92 Å². The Hall–Kier alpha value is -2.13. The van der Waals surface area contributed by atoms with E-state index in [-0.39, 0.29) is 35.6 Å². The van der Waals surface area contributed by atoms with Crippen LogP contribution in [-0.4, -0.2) is 65.2 Å². The highest BCUT2D eigenvalue weighted by atomic mass is 32.1. The number of hydrogen-bond acceptors (Lipinski definition) is 5. The topological polar surface area (TPSA) is 79.5 Å². The molecule has 38 heavy (non-hydrogen) atoms. The van der Waals surface area contributed by atoms with E-state index in [2.05, 4.69) is 81.8 Å². The van der Waals surface area contributed by atoms with Crippen molar-refractivity contribution in [2.45, 2.75) is 92.5 Å². The summed E-state index contributed by atoms with van der Waals surface area (Å²) in [4.78, 5) is 20.7. The highest BCUT2D eigenvalue weighted by Gasteiger charge is 2.46. The lowest BCUT2D eigenvalue weighted by atomic mass is 9.57. The van der Waals surface area contributed by atoms with Gasteiger partial charge in [0.2, 0.25) is 5.91 Å². The summed E-state index contributed by atoms with van der Waals surface area (Å²) in [6.07, 6.45) is 9.27. The summed E-state index contributed by atoms with van der Waals surface area (Å²) < 4.78 is 11.2. The van der Waals surface area contributed by atoms with Crippen LogP contribution in [0.3, 0.4) is 0 Å². The summed E-state index contributed by atoms with van der Waals surface area (Å²) in [6, 6.07) is 6.34. The van der Waals surface area contributed by atoms with Gasteiger partial charge in [0.05, 0.1) is 36.6 Å². The number of methoxy groups -OCH3 is 1. The minimum absolute atomic E-state index is 0.0713. The highest BCUT2D eigenvalue weighted by molar-refractivity contribution is 7.80. The number of nitrogens with one attached hydrogen (secondary N) is 2. The van der Waals surface area contributed by atoms with Crippen LogP contribution in [0, 0.1) is 11.3 Å². The Labute approximate surface area is 235 Å². The van der Waals surface area contributed by atoms with Gasteiger partial charge in [-0.25, -0.2) is 4.98 Å². The van der Waals surface area contributed by atoms with E-state index >= 15 is 0 Å². The molecule has 0 bridgehead atoms. The lowest BCUT2D eigenvalue weighted by Crippen LogP contribution is -2.52. The molecule has 2 N–H and O–H groups in total. The predicted molar refractivity (Wildman–Crippen MR) is 163 cm³/mol. The maximum Gasteiger partial charge on any atom is 0.324 e. The normalized spacial score (nSPS) is 15.5. The Kier molecular flexibility index (Phi) is 12.6. The Morgan fingerprint density at radius 2 is 1.82 bits per heavy atom. The Balaban J connectivity index is 0.000000270. The van der Waals surface area contributed by atoms with Crippen LogP contribution in [0.15, 0.2) is 24.5 Å². The van der Waals surface area contributed by atoms with Crippen molar-refractivity contribution >= 4 is 46.7 Å². The minimum Gasteiger partial charge on any atom is -0.474 e. The first-order valence-electron chi connectivity index (χ1n) is 14.2. The lowest BCUT2D eigenvalue weighted by molar-refractivity contribution is -0.128. The van der Waals surface area contributed by atoms with Crippen LogP contribution in [0.5, 0.6) is 0 Å². The summed E-state index contributed by atoms with van der Waals surface area (Å²) in [5.74, 6) is 0.877. The number of rotatable bonds is 7. The zero-order valence-electron chi connectivity index (χ0n) is 24.9. The minimum atomic E-state index is -0.152. The molecule has 2 heterocycles. The first-order valence-corrected chi connectivity index (χ1v) is 14.6. The molecule has 0 unspecified atom stereocenters. The van der Waals surface area contributed by atoms with Crippen molar-refractivity contribution in [1.29, 1.82) is 0 Å². The van der Waals surface area contributed by atoms with Crippen LogP contribution in [0.2, 0.25) is 6.82 Å². The second kappa shape index (κ2) is 14.9. The summed E-state index contributed by atoms with van der Waals surface area (Å²) in [6.45, 7) is 17.7. The number of ether oxygens (including phenoxy) is 1. The van der Waals surface area contributed by atoms with Crippen LogP contribution < -0.4 is 10.8 Å². The molecule has 2 aromatic rings. The van der Waals surface area contributed by atoms with Gasteiger partial charge in [0.15, 0.2) is 0 Å². The number of H-pyrrole nitrogens is 1. The van der Waals surface area contributed by atoms with E-state index < -0.39 is 0 Å². The standard InChI is InChI=1S/C18H27BN2O.C8H14N2O2S.C3H8/c1-17(2,13-7-6-8-13)18(3,4)22-19(5)14-9-10-15-16(11-14)21-12-20-15;1-12-8(13)9-6-7(11)10-4-2-3-5-10;1-3-2/h9-13H,6-8H2,1-5H3,(H,20,21);2-6H2,1H3,(H,9,13);3H2,1-2H3. The van der Waals surface area contributed by atoms with Crippen molar-refractivity contribution in [2.75, 3.05) is 26.7 Å². The molecular weight excluding hydrogens is 495 g/mol. The van der Waals surface area contributed by atoms with Gasteiger partial charge in [-0.2, -0.15) is 0 Å². The molecule has 1 aliphatic heterocycles. The van der Waals surface area contributed by atoms with Crippen molar-refractivity contribution in [1.82, 2.24) is 20.2 Å². The average molecular weight is 545 g/mol. The van der Waals surface area contributed by atoms with E-state index in [4.69, 9.17) is 21.6 Å². The van der Waals surface area contributed by atoms with E-state index in [0.29, 0.717) is 0 Å². The zero-order chi connectivity index (χ0) is 28.3. The van der Waals surface area contributed by atoms with E-state index in [1.807, 2.05) is 4.90 Å². The third-order valence-electron chi connectivity index (χ3n) is 8.09. The van der Waals surface area contributed by atoms with Crippen molar-refractivity contribution in [3.63, 3.8) is 0 Å². The van der Waals surface area contributed by atoms with Crippen LogP contribution in [0.1, 0.15) is 80.1 Å². The molecule has 0 spiro atoms. The molecule has 1 saturated heterocycles. The third kappa shape index (κ3) is 8.70. The fourth-order valence-corrected chi connectivity index (χ4v) is 4.86. The highest BCUT2D eigenvalue weighted by Crippen LogP contribution is 2.49. The smallest absolute Gasteiger partial charge is 0.324 e. The summed E-state index contributed by atoms with van der Waals surface area (Å²) in [5.41, 5.74) is 3.32. The number of benzene rings is 1. The number of imidazole rings is 1. The summed E-state index contributed by atoms with van der Waals surface area (Å²) >= 11 is 4.74. The summed E-state index contributed by atoms with van der Waals surface area (Å²) in [5, 5.41) is 3.00. The van der Waals surface area contributed by atoms with E-state index in [1.165, 1.54) is 38.3 Å². The molecule has 4 rings (SSSR count). The van der Waals surface area contributed by atoms with E-state index in [1.54, 1.807) is 6.33 Å². The molecule has 7 nitrogen and oxygen atoms in total. The van der Waals surface area contributed by atoms with Crippen LogP contribution in [0.4, 0.5) is 0 Å². The first-order chi connectivity index (χ1) is 18.0. The number of aromatic amines is 1. The Morgan fingerprint density at radius 1 is 1.18 bits per heavy atom. The molecule has 212 valence electrons. The number of carbonyl (C=O) groups excluding carboxylic acids is 1. The number of likely N-dealkylation sites (tertiary alicyclic amines) is 1. The molecule has 1 amide bonds. The molecule has 2 aliphatic rings. The molecule has 1 saturated carbocycles. The molecule has 1 aromatic heterocycles. The average Bonchev–Trinajstić information content (AvgIpc) is 3.53. The molecule has 1 aliphatic carbocycles. The monoisotopic (exact) mass is 544 g/mol. The van der Waals surface area contributed by atoms with Gasteiger partial charge in [-0.15, -0.1) is 0 Å². The molecule has 1 aromatic carbocycles. The van der Waals surface area contributed by atoms with Crippen molar-refractivity contribution in [2.24, 2.45) is 11.3 Å². The predicted octanol–water partition coefficient (Wildman–Crippen LogP) is 5.56. The van der Waals surface area contributed by atoms with Crippen molar-refractivity contribution in [3.8, 4) is 0 Å². The second-order valence-electron chi connectivity index (χ2n) is 11.4. The van der Waals surface area contributed by atoms with E-state index in [0.717, 1.165) is 42.9 Å². The maximum atomic E-state index is 11.4. The molecule has 2 fully saturated rings. The SMILES string of the molecule is CB(OC(C)(C)C(C)(C)C1CCC1)c1ccc2nc[nH]c2c1.CCC.COC(=S)NCC(=O)N1CCCC1. The van der Waals surface area contributed by atoms with Gasteiger partial charge in [0.1, 0.15) is 0 Å². The number of thiocarbonyl (C=S) groups is 1. The van der Waals surface area contributed by atoms with Crippen LogP contribution in [0.25, 0.3) is 11.0 Å². The molecular formula is C29H49BN4O3S. The zero-order valence-corrected chi connectivity index (χ0v) is 25.7. The van der Waals surface area contributed by atoms with Gasteiger partial charge in [0, 0.05) is 13.1 Å². The fourth-order valence-electron chi connectivity index (χ4n) is 4.79. The van der Waals surface area contributed by atoms with Gasteiger partial charge < -0.3 is 24.6 Å². The lowest BCUT2D eigenvalue weighted by Gasteiger charge is -2.51. The molecule has 0 atom stereocenters. The third-order valence-corrected chi connectivity index (χ3v) is 8.40. The number of nitrogens with zero attached hydrogens (tertiary/aromatic N) is 2. The first kappa shape index (κ1) is 32.1. The Morgan fingerprint density at radius 3 is 2.37 bits per heavy atom. The molecule has 0 radical (unpaired) electrons. The molecule has 9 heteroatoms. The Bertz CT molecular complexity index is 1020. The van der Waals surface area contributed by atoms with Crippen LogP contribution in [-0.2, 0) is 14.2 Å². The number of aromatic nitrogens is 2. The summed E-state index contributed by atoms with van der Waals surface area (Å²) in [7, 11) is 1.48. The maximum absolute atomic E-state index is 11.4. The van der Waals surface area contributed by atoms with Gasteiger partial charge in [-0.05, 0) is 80.7 Å². The van der Waals surface area contributed by atoms with Crippen molar-refractivity contribution < 1.29 is 14.2 Å². The van der Waals surface area contributed by atoms with Crippen molar-refractivity contribution in [3.05, 3.63) is 24.5 Å². The van der Waals surface area contributed by atoms with E-state index in [9.17, 15) is 4.79 Å². The number of fused-ring (bicyclic) bond motifs is 1. The number of hydrogen-bond donors (Lipinski definition) is 2. The van der Waals surface area contributed by atoms with Gasteiger partial charge in [-0.3, -0.25) is 4.79 Å². The number of amides is 1. The van der Waals surface area contributed by atoms with Gasteiger partial charge in [-0.1, -0.05) is 53.4 Å². The van der Waals surface area contributed by atoms with Crippen LogP contribution >= 0.6 is 12.2 Å². The quantitative estimate of drug-likeness (QED) is 0.351. The fraction of sp³-hybridized carbons (Fsp3) is 0.690.